The Morgan fingerprint density at radius 1 is 1.25 bits per heavy atom. The van der Waals surface area contributed by atoms with Crippen molar-refractivity contribution in [1.82, 2.24) is 9.97 Å². The first-order valence-corrected chi connectivity index (χ1v) is 6.01. The number of nitro groups is 1. The van der Waals surface area contributed by atoms with E-state index in [0.29, 0.717) is 17.2 Å². The number of non-ortho nitro benzene ring substituents is 1. The van der Waals surface area contributed by atoms with Crippen molar-refractivity contribution in [3.05, 3.63) is 45.1 Å². The molecule has 7 nitrogen and oxygen atoms in total. The van der Waals surface area contributed by atoms with Crippen molar-refractivity contribution in [2.24, 2.45) is 5.84 Å². The molecule has 0 saturated carbocycles. The normalized spacial score (nSPS) is 10.4. The Balaban J connectivity index is 2.64. The molecule has 0 amide bonds. The first kappa shape index (κ1) is 13.9. The maximum atomic E-state index is 10.9. The van der Waals surface area contributed by atoms with Crippen LogP contribution in [0.1, 0.15) is 16.8 Å². The fourth-order valence-electron chi connectivity index (χ4n) is 1.85. The number of benzene rings is 1. The lowest BCUT2D eigenvalue weighted by molar-refractivity contribution is -0.384. The number of nitrogens with one attached hydrogen (secondary N) is 1. The second kappa shape index (κ2) is 5.22. The molecule has 0 unspecified atom stereocenters. The molecule has 2 rings (SSSR count). The monoisotopic (exact) mass is 273 g/mol. The van der Waals surface area contributed by atoms with Gasteiger partial charge in [0.2, 0.25) is 0 Å². The van der Waals surface area contributed by atoms with Gasteiger partial charge in [0.15, 0.2) is 5.82 Å². The molecule has 0 bridgehead atoms. The molecule has 1 aromatic heterocycles. The third-order valence-corrected chi connectivity index (χ3v) is 3.20. The van der Waals surface area contributed by atoms with E-state index in [-0.39, 0.29) is 5.69 Å². The molecule has 0 atom stereocenters. The highest BCUT2D eigenvalue weighted by molar-refractivity contribution is 5.66. The van der Waals surface area contributed by atoms with Gasteiger partial charge in [-0.2, -0.15) is 0 Å². The molecule has 104 valence electrons. The van der Waals surface area contributed by atoms with Crippen molar-refractivity contribution in [1.29, 1.82) is 0 Å². The molecular weight excluding hydrogens is 258 g/mol. The second-order valence-corrected chi connectivity index (χ2v) is 4.51. The maximum absolute atomic E-state index is 10.9. The highest BCUT2D eigenvalue weighted by Crippen LogP contribution is 2.27. The first-order chi connectivity index (χ1) is 9.43. The summed E-state index contributed by atoms with van der Waals surface area (Å²) in [5.74, 6) is 6.37. The highest BCUT2D eigenvalue weighted by Gasteiger charge is 2.14. The minimum absolute atomic E-state index is 0.00897. The predicted molar refractivity (Wildman–Crippen MR) is 76.1 cm³/mol. The number of hydrogen-bond acceptors (Lipinski definition) is 6. The van der Waals surface area contributed by atoms with Crippen molar-refractivity contribution < 1.29 is 4.92 Å². The van der Waals surface area contributed by atoms with Gasteiger partial charge in [0, 0.05) is 29.0 Å². The fourth-order valence-corrected chi connectivity index (χ4v) is 1.85. The minimum atomic E-state index is -0.438. The minimum Gasteiger partial charge on any atom is -0.308 e. The van der Waals surface area contributed by atoms with E-state index in [1.165, 1.54) is 12.1 Å². The molecule has 3 N–H and O–H groups in total. The van der Waals surface area contributed by atoms with Crippen LogP contribution in [-0.2, 0) is 0 Å². The smallest absolute Gasteiger partial charge is 0.270 e. The zero-order valence-corrected chi connectivity index (χ0v) is 11.5. The van der Waals surface area contributed by atoms with Crippen molar-refractivity contribution in [2.75, 3.05) is 5.43 Å². The standard InChI is InChI=1S/C13H15N5O2/c1-7-4-5-10(18(19)20)6-11(7)13-15-9(3)8(2)12(16-13)17-14/h4-6H,14H2,1-3H3,(H,15,16,17). The van der Waals surface area contributed by atoms with Crippen LogP contribution < -0.4 is 11.3 Å². The zero-order chi connectivity index (χ0) is 14.9. The number of aryl methyl sites for hydroxylation is 2. The molecule has 0 aliphatic heterocycles. The molecule has 2 aromatic rings. The summed E-state index contributed by atoms with van der Waals surface area (Å²) in [5.41, 5.74) is 5.63. The van der Waals surface area contributed by atoms with Gasteiger partial charge in [0.1, 0.15) is 5.82 Å². The van der Waals surface area contributed by atoms with E-state index in [9.17, 15) is 10.1 Å². The maximum Gasteiger partial charge on any atom is 0.270 e. The van der Waals surface area contributed by atoms with Gasteiger partial charge in [-0.25, -0.2) is 15.8 Å². The van der Waals surface area contributed by atoms with Crippen LogP contribution in [0.2, 0.25) is 0 Å². The summed E-state index contributed by atoms with van der Waals surface area (Å²) in [4.78, 5) is 19.1. The molecule has 0 aliphatic rings. The highest BCUT2D eigenvalue weighted by atomic mass is 16.6. The van der Waals surface area contributed by atoms with Gasteiger partial charge in [-0.05, 0) is 26.3 Å². The fraction of sp³-hybridized carbons (Fsp3) is 0.231. The van der Waals surface area contributed by atoms with Crippen LogP contribution in [-0.4, -0.2) is 14.9 Å². The third kappa shape index (κ3) is 2.43. The Bertz CT molecular complexity index is 685. The predicted octanol–water partition coefficient (Wildman–Crippen LogP) is 2.26. The Hall–Kier alpha value is -2.54. The van der Waals surface area contributed by atoms with Crippen LogP contribution in [0.4, 0.5) is 11.5 Å². The van der Waals surface area contributed by atoms with Crippen LogP contribution in [0.15, 0.2) is 18.2 Å². The van der Waals surface area contributed by atoms with E-state index in [4.69, 9.17) is 5.84 Å². The van der Waals surface area contributed by atoms with E-state index in [2.05, 4.69) is 15.4 Å². The van der Waals surface area contributed by atoms with Gasteiger partial charge in [-0.3, -0.25) is 10.1 Å². The second-order valence-electron chi connectivity index (χ2n) is 4.51. The van der Waals surface area contributed by atoms with Gasteiger partial charge in [-0.15, -0.1) is 0 Å². The molecule has 7 heteroatoms. The van der Waals surface area contributed by atoms with Crippen LogP contribution in [0.25, 0.3) is 11.4 Å². The lowest BCUT2D eigenvalue weighted by Gasteiger charge is -2.11. The Morgan fingerprint density at radius 2 is 1.95 bits per heavy atom. The average Bonchev–Trinajstić information content (AvgIpc) is 2.42. The van der Waals surface area contributed by atoms with Crippen LogP contribution in [0, 0.1) is 30.9 Å². The summed E-state index contributed by atoms with van der Waals surface area (Å²) >= 11 is 0. The number of hydrogen-bond donors (Lipinski definition) is 2. The number of rotatable bonds is 3. The summed E-state index contributed by atoms with van der Waals surface area (Å²) in [7, 11) is 0. The molecule has 0 radical (unpaired) electrons. The number of nitro benzene ring substituents is 1. The summed E-state index contributed by atoms with van der Waals surface area (Å²) < 4.78 is 0. The summed E-state index contributed by atoms with van der Waals surface area (Å²) in [6, 6.07) is 4.61. The number of anilines is 1. The van der Waals surface area contributed by atoms with E-state index in [1.54, 1.807) is 6.07 Å². The first-order valence-electron chi connectivity index (χ1n) is 6.01. The van der Waals surface area contributed by atoms with Gasteiger partial charge < -0.3 is 5.43 Å². The van der Waals surface area contributed by atoms with Crippen molar-refractivity contribution in [3.8, 4) is 11.4 Å². The Kier molecular flexibility index (Phi) is 3.62. The molecule has 0 spiro atoms. The van der Waals surface area contributed by atoms with Gasteiger partial charge in [-0.1, -0.05) is 6.07 Å². The van der Waals surface area contributed by atoms with Crippen LogP contribution in [0.3, 0.4) is 0 Å². The van der Waals surface area contributed by atoms with E-state index in [1.807, 2.05) is 20.8 Å². The number of nitrogens with zero attached hydrogens (tertiary/aromatic N) is 3. The number of nitrogen functional groups attached to an aromatic ring is 1. The van der Waals surface area contributed by atoms with Crippen molar-refractivity contribution in [3.63, 3.8) is 0 Å². The summed E-state index contributed by atoms with van der Waals surface area (Å²) in [5, 5.41) is 10.9. The molecule has 1 heterocycles. The van der Waals surface area contributed by atoms with Crippen molar-refractivity contribution in [2.45, 2.75) is 20.8 Å². The van der Waals surface area contributed by atoms with Gasteiger partial charge in [0.05, 0.1) is 4.92 Å². The molecule has 1 aromatic carbocycles. The summed E-state index contributed by atoms with van der Waals surface area (Å²) in [6.07, 6.45) is 0. The molecule has 20 heavy (non-hydrogen) atoms. The number of aromatic nitrogens is 2. The van der Waals surface area contributed by atoms with E-state index >= 15 is 0 Å². The Morgan fingerprint density at radius 3 is 2.55 bits per heavy atom. The molecule has 0 saturated heterocycles. The van der Waals surface area contributed by atoms with Gasteiger partial charge in [0.25, 0.3) is 5.69 Å². The molecule has 0 aliphatic carbocycles. The average molecular weight is 273 g/mol. The van der Waals surface area contributed by atoms with E-state index in [0.717, 1.165) is 16.8 Å². The SMILES string of the molecule is Cc1ccc([N+](=O)[O-])cc1-c1nc(C)c(C)c(NN)n1. The van der Waals surface area contributed by atoms with Crippen molar-refractivity contribution >= 4 is 11.5 Å². The Labute approximate surface area is 116 Å². The largest absolute Gasteiger partial charge is 0.308 e. The van der Waals surface area contributed by atoms with Crippen LogP contribution in [0.5, 0.6) is 0 Å². The van der Waals surface area contributed by atoms with Gasteiger partial charge >= 0.3 is 0 Å². The molecule has 0 fully saturated rings. The quantitative estimate of drug-likeness (QED) is 0.504. The summed E-state index contributed by atoms with van der Waals surface area (Å²) in [6.45, 7) is 5.55. The lowest BCUT2D eigenvalue weighted by Crippen LogP contribution is -2.12. The number of nitrogens with two attached hydrogens (primary N) is 1. The van der Waals surface area contributed by atoms with Crippen LogP contribution >= 0.6 is 0 Å². The molecular formula is C13H15N5O2. The lowest BCUT2D eigenvalue weighted by atomic mass is 10.1. The third-order valence-electron chi connectivity index (χ3n) is 3.20. The zero-order valence-electron chi connectivity index (χ0n) is 11.5. The topological polar surface area (TPSA) is 107 Å². The van der Waals surface area contributed by atoms with E-state index < -0.39 is 4.92 Å². The number of hydrazine groups is 1.